The van der Waals surface area contributed by atoms with E-state index in [0.29, 0.717) is 16.1 Å². The van der Waals surface area contributed by atoms with Gasteiger partial charge in [-0.2, -0.15) is 0 Å². The van der Waals surface area contributed by atoms with Crippen LogP contribution in [0.1, 0.15) is 11.1 Å². The van der Waals surface area contributed by atoms with Crippen molar-refractivity contribution in [2.24, 2.45) is 0 Å². The molecule has 11 nitrogen and oxygen atoms in total. The second-order valence-corrected chi connectivity index (χ2v) is 8.97. The highest BCUT2D eigenvalue weighted by Crippen LogP contribution is 2.42. The fraction of sp³-hybridized carbons (Fsp3) is 0.0833. The molecule has 4 rings (SSSR count). The molecule has 2 amide bonds. The van der Waals surface area contributed by atoms with Gasteiger partial charge in [0.2, 0.25) is 5.75 Å². The Morgan fingerprint density at radius 1 is 1.00 bits per heavy atom. The summed E-state index contributed by atoms with van der Waals surface area (Å²) in [6.07, 6.45) is 1.42. The van der Waals surface area contributed by atoms with Gasteiger partial charge in [-0.3, -0.25) is 34.7 Å². The number of benzene rings is 3. The van der Waals surface area contributed by atoms with E-state index in [1.807, 2.05) is 0 Å². The summed E-state index contributed by atoms with van der Waals surface area (Å²) >= 11 is 6.63. The standard InChI is InChI=1S/C24H16ClN3O8S/c1-35-20-4-2-3-15(22(20)36-19-10-9-17(27(31)32)12-18(19)28(33)34)11-21-23(29)26(24(30)37-21)13-14-5-7-16(25)8-6-14/h2-12H,13H2,1H3/b21-11-. The minimum absolute atomic E-state index is 0.0199. The molecule has 1 aliphatic heterocycles. The van der Waals surface area contributed by atoms with Crippen LogP contribution >= 0.6 is 23.4 Å². The Morgan fingerprint density at radius 2 is 1.73 bits per heavy atom. The molecular weight excluding hydrogens is 526 g/mol. The molecule has 0 bridgehead atoms. The Morgan fingerprint density at radius 3 is 2.38 bits per heavy atom. The molecule has 0 unspecified atom stereocenters. The van der Waals surface area contributed by atoms with Crippen molar-refractivity contribution >= 4 is 52.0 Å². The summed E-state index contributed by atoms with van der Waals surface area (Å²) in [6.45, 7) is 0.0512. The molecule has 0 aliphatic carbocycles. The van der Waals surface area contributed by atoms with Gasteiger partial charge in [-0.15, -0.1) is 0 Å². The maximum Gasteiger partial charge on any atom is 0.318 e. The van der Waals surface area contributed by atoms with E-state index in [2.05, 4.69) is 0 Å². The van der Waals surface area contributed by atoms with Gasteiger partial charge in [0.15, 0.2) is 11.5 Å². The normalized spacial score (nSPS) is 14.2. The van der Waals surface area contributed by atoms with E-state index < -0.39 is 32.4 Å². The predicted molar refractivity (Wildman–Crippen MR) is 136 cm³/mol. The van der Waals surface area contributed by atoms with Crippen LogP contribution in [-0.2, 0) is 11.3 Å². The summed E-state index contributed by atoms with van der Waals surface area (Å²) < 4.78 is 11.1. The first-order valence-electron chi connectivity index (χ1n) is 10.5. The molecule has 3 aromatic rings. The molecule has 0 radical (unpaired) electrons. The van der Waals surface area contributed by atoms with Crippen LogP contribution in [0.3, 0.4) is 0 Å². The molecule has 3 aromatic carbocycles. The molecule has 1 heterocycles. The van der Waals surface area contributed by atoms with Crippen LogP contribution in [0.5, 0.6) is 17.2 Å². The van der Waals surface area contributed by atoms with Crippen LogP contribution in [0, 0.1) is 20.2 Å². The summed E-state index contributed by atoms with van der Waals surface area (Å²) in [5, 5.41) is 22.7. The zero-order valence-electron chi connectivity index (χ0n) is 19.0. The average Bonchev–Trinajstić information content (AvgIpc) is 3.13. The molecular formula is C24H16ClN3O8S. The number of methoxy groups -OCH3 is 1. The van der Waals surface area contributed by atoms with Gasteiger partial charge >= 0.3 is 5.69 Å². The van der Waals surface area contributed by atoms with Gasteiger partial charge < -0.3 is 9.47 Å². The number of hydrogen-bond acceptors (Lipinski definition) is 9. The number of para-hydroxylation sites is 1. The van der Waals surface area contributed by atoms with Gasteiger partial charge in [-0.1, -0.05) is 35.9 Å². The highest BCUT2D eigenvalue weighted by atomic mass is 35.5. The first kappa shape index (κ1) is 25.7. The fourth-order valence-electron chi connectivity index (χ4n) is 3.42. The topological polar surface area (TPSA) is 142 Å². The zero-order chi connectivity index (χ0) is 26.7. The summed E-state index contributed by atoms with van der Waals surface area (Å²) in [6, 6.07) is 14.4. The van der Waals surface area contributed by atoms with Crippen molar-refractivity contribution in [3.63, 3.8) is 0 Å². The lowest BCUT2D eigenvalue weighted by Crippen LogP contribution is -2.27. The Balaban J connectivity index is 1.69. The van der Waals surface area contributed by atoms with Crippen molar-refractivity contribution in [1.29, 1.82) is 0 Å². The monoisotopic (exact) mass is 541 g/mol. The van der Waals surface area contributed by atoms with Gasteiger partial charge in [-0.25, -0.2) is 0 Å². The highest BCUT2D eigenvalue weighted by Gasteiger charge is 2.35. The number of halogens is 1. The number of carbonyl (C=O) groups is 2. The molecule has 37 heavy (non-hydrogen) atoms. The number of amides is 2. The Bertz CT molecular complexity index is 1460. The van der Waals surface area contributed by atoms with Gasteiger partial charge in [0.25, 0.3) is 16.8 Å². The quantitative estimate of drug-likeness (QED) is 0.185. The number of hydrogen-bond donors (Lipinski definition) is 0. The minimum Gasteiger partial charge on any atom is -0.493 e. The molecule has 0 saturated carbocycles. The molecule has 1 saturated heterocycles. The lowest BCUT2D eigenvalue weighted by atomic mass is 10.1. The smallest absolute Gasteiger partial charge is 0.318 e. The maximum atomic E-state index is 13.0. The first-order valence-corrected chi connectivity index (χ1v) is 11.6. The van der Waals surface area contributed by atoms with Crippen molar-refractivity contribution in [2.45, 2.75) is 6.54 Å². The molecule has 1 aliphatic rings. The molecule has 1 fully saturated rings. The Labute approximate surface area is 218 Å². The highest BCUT2D eigenvalue weighted by molar-refractivity contribution is 8.18. The summed E-state index contributed by atoms with van der Waals surface area (Å²) in [7, 11) is 1.36. The third-order valence-electron chi connectivity index (χ3n) is 5.21. The van der Waals surface area contributed by atoms with E-state index in [1.54, 1.807) is 36.4 Å². The van der Waals surface area contributed by atoms with Gasteiger partial charge in [0.1, 0.15) is 0 Å². The lowest BCUT2D eigenvalue weighted by Gasteiger charge is -2.14. The molecule has 0 N–H and O–H groups in total. The number of nitro groups is 2. The van der Waals surface area contributed by atoms with E-state index in [4.69, 9.17) is 21.1 Å². The minimum atomic E-state index is -0.806. The first-order chi connectivity index (χ1) is 17.7. The third kappa shape index (κ3) is 5.55. The van der Waals surface area contributed by atoms with Crippen LogP contribution in [0.4, 0.5) is 16.2 Å². The van der Waals surface area contributed by atoms with E-state index in [0.717, 1.165) is 34.9 Å². The van der Waals surface area contributed by atoms with Crippen LogP contribution in [-0.4, -0.2) is 33.0 Å². The van der Waals surface area contributed by atoms with E-state index in [1.165, 1.54) is 19.3 Å². The summed E-state index contributed by atoms with van der Waals surface area (Å²) in [4.78, 5) is 47.8. The Hall–Kier alpha value is -4.42. The number of nitro benzene ring substituents is 2. The van der Waals surface area contributed by atoms with Crippen LogP contribution in [0.25, 0.3) is 6.08 Å². The number of thioether (sulfide) groups is 1. The van der Waals surface area contributed by atoms with Gasteiger partial charge in [0.05, 0.1) is 34.5 Å². The number of imide groups is 1. The number of rotatable bonds is 8. The summed E-state index contributed by atoms with van der Waals surface area (Å²) in [5.41, 5.74) is -0.101. The second kappa shape index (κ2) is 10.7. The second-order valence-electron chi connectivity index (χ2n) is 7.54. The lowest BCUT2D eigenvalue weighted by molar-refractivity contribution is -0.394. The molecule has 0 atom stereocenters. The van der Waals surface area contributed by atoms with E-state index in [9.17, 15) is 29.8 Å². The van der Waals surface area contributed by atoms with Gasteiger partial charge in [-0.05, 0) is 47.7 Å². The summed E-state index contributed by atoms with van der Waals surface area (Å²) in [5.74, 6) is -0.598. The van der Waals surface area contributed by atoms with Crippen LogP contribution < -0.4 is 9.47 Å². The van der Waals surface area contributed by atoms with Crippen molar-refractivity contribution in [2.75, 3.05) is 7.11 Å². The fourth-order valence-corrected chi connectivity index (χ4v) is 4.38. The molecule has 0 spiro atoms. The molecule has 0 aromatic heterocycles. The molecule has 13 heteroatoms. The number of ether oxygens (including phenoxy) is 2. The number of carbonyl (C=O) groups excluding carboxylic acids is 2. The Kier molecular flexibility index (Phi) is 7.41. The van der Waals surface area contributed by atoms with Crippen molar-refractivity contribution in [1.82, 2.24) is 4.90 Å². The largest absolute Gasteiger partial charge is 0.493 e. The third-order valence-corrected chi connectivity index (χ3v) is 6.36. The zero-order valence-corrected chi connectivity index (χ0v) is 20.5. The predicted octanol–water partition coefficient (Wildman–Crippen LogP) is 6.19. The maximum absolute atomic E-state index is 13.0. The average molecular weight is 542 g/mol. The van der Waals surface area contributed by atoms with Gasteiger partial charge in [0, 0.05) is 16.7 Å². The van der Waals surface area contributed by atoms with E-state index >= 15 is 0 Å². The van der Waals surface area contributed by atoms with E-state index in [-0.39, 0.29) is 28.7 Å². The molecule has 188 valence electrons. The van der Waals surface area contributed by atoms with Crippen molar-refractivity contribution < 1.29 is 28.9 Å². The van der Waals surface area contributed by atoms with Crippen molar-refractivity contribution in [3.8, 4) is 17.2 Å². The van der Waals surface area contributed by atoms with Crippen LogP contribution in [0.2, 0.25) is 5.02 Å². The van der Waals surface area contributed by atoms with Crippen LogP contribution in [0.15, 0.2) is 65.6 Å². The number of non-ortho nitro benzene ring substituents is 1. The number of nitrogens with zero attached hydrogens (tertiary/aromatic N) is 3. The SMILES string of the molecule is COc1cccc(/C=C2\SC(=O)N(Cc3ccc(Cl)cc3)C2=O)c1Oc1ccc([N+](=O)[O-])cc1[N+](=O)[O-]. The van der Waals surface area contributed by atoms with Crippen molar-refractivity contribution in [3.05, 3.63) is 102 Å².